The zero-order chi connectivity index (χ0) is 21.5. The zero-order valence-electron chi connectivity index (χ0n) is 16.1. The highest BCUT2D eigenvalue weighted by atomic mass is 19.4. The van der Waals surface area contributed by atoms with Crippen molar-refractivity contribution in [2.75, 3.05) is 0 Å². The van der Waals surface area contributed by atoms with Gasteiger partial charge in [0.25, 0.3) is 5.56 Å². The number of benzene rings is 3. The highest BCUT2D eigenvalue weighted by molar-refractivity contribution is 5.86. The van der Waals surface area contributed by atoms with Crippen molar-refractivity contribution in [3.8, 4) is 16.9 Å². The number of rotatable bonds is 3. The number of hydrogen-bond donors (Lipinski definition) is 1. The minimum absolute atomic E-state index is 0.0476. The van der Waals surface area contributed by atoms with E-state index in [0.29, 0.717) is 16.5 Å². The average molecular weight is 409 g/mol. The van der Waals surface area contributed by atoms with Crippen LogP contribution in [0.15, 0.2) is 77.6 Å². The first-order valence-electron chi connectivity index (χ1n) is 9.32. The molecule has 0 bridgehead atoms. The maximum Gasteiger partial charge on any atom is 0.416 e. The van der Waals surface area contributed by atoms with Crippen LogP contribution in [0.1, 0.15) is 16.7 Å². The standard InChI is InChI=1S/C24H18F3NO2/c1-28-21-8-3-2-7-19(21)22(29)20(23(28)30)14-15-5-4-6-17(13-15)16-9-11-18(12-10-16)24(25,26)27/h2-13,29H,14H2,1H3. The van der Waals surface area contributed by atoms with Crippen LogP contribution in [0.3, 0.4) is 0 Å². The third kappa shape index (κ3) is 3.56. The summed E-state index contributed by atoms with van der Waals surface area (Å²) in [5, 5.41) is 11.3. The molecule has 0 unspecified atom stereocenters. The number of hydrogen-bond acceptors (Lipinski definition) is 2. The van der Waals surface area contributed by atoms with Gasteiger partial charge < -0.3 is 9.67 Å². The Morgan fingerprint density at radius 3 is 2.30 bits per heavy atom. The maximum absolute atomic E-state index is 12.8. The number of fused-ring (bicyclic) bond motifs is 1. The Balaban J connectivity index is 1.72. The Morgan fingerprint density at radius 1 is 0.900 bits per heavy atom. The largest absolute Gasteiger partial charge is 0.507 e. The van der Waals surface area contributed by atoms with Crippen LogP contribution in [0.5, 0.6) is 5.75 Å². The van der Waals surface area contributed by atoms with Crippen molar-refractivity contribution >= 4 is 10.9 Å². The van der Waals surface area contributed by atoms with Gasteiger partial charge in [-0.2, -0.15) is 13.2 Å². The molecular weight excluding hydrogens is 391 g/mol. The minimum Gasteiger partial charge on any atom is -0.507 e. The van der Waals surface area contributed by atoms with Gasteiger partial charge in [-0.15, -0.1) is 0 Å². The van der Waals surface area contributed by atoms with Crippen LogP contribution in [0.25, 0.3) is 22.0 Å². The second kappa shape index (κ2) is 7.37. The normalized spacial score (nSPS) is 11.7. The van der Waals surface area contributed by atoms with Crippen molar-refractivity contribution in [1.29, 1.82) is 0 Å². The molecule has 0 aliphatic heterocycles. The van der Waals surface area contributed by atoms with Gasteiger partial charge in [-0.3, -0.25) is 4.79 Å². The van der Waals surface area contributed by atoms with Crippen LogP contribution >= 0.6 is 0 Å². The Labute approximate surface area is 170 Å². The lowest BCUT2D eigenvalue weighted by molar-refractivity contribution is -0.137. The van der Waals surface area contributed by atoms with Crippen molar-refractivity contribution < 1.29 is 18.3 Å². The van der Waals surface area contributed by atoms with Crippen molar-refractivity contribution in [3.63, 3.8) is 0 Å². The molecule has 0 atom stereocenters. The van der Waals surface area contributed by atoms with Crippen LogP contribution < -0.4 is 5.56 Å². The number of aryl methyl sites for hydroxylation is 1. The maximum atomic E-state index is 12.8. The summed E-state index contributed by atoms with van der Waals surface area (Å²) in [5.41, 5.74) is 2.08. The summed E-state index contributed by atoms with van der Waals surface area (Å²) >= 11 is 0. The Bertz CT molecular complexity index is 1290. The van der Waals surface area contributed by atoms with E-state index >= 15 is 0 Å². The molecule has 0 aliphatic rings. The smallest absolute Gasteiger partial charge is 0.416 e. The van der Waals surface area contributed by atoms with E-state index in [1.165, 1.54) is 16.7 Å². The molecule has 0 saturated heterocycles. The number of aromatic hydroxyl groups is 1. The second-order valence-electron chi connectivity index (χ2n) is 7.16. The van der Waals surface area contributed by atoms with E-state index in [0.717, 1.165) is 23.3 Å². The van der Waals surface area contributed by atoms with Crippen LogP contribution in [-0.2, 0) is 19.6 Å². The molecule has 3 aromatic carbocycles. The minimum atomic E-state index is -4.38. The number of para-hydroxylation sites is 1. The van der Waals surface area contributed by atoms with Crippen LogP contribution in [0, 0.1) is 0 Å². The van der Waals surface area contributed by atoms with Gasteiger partial charge in [-0.25, -0.2) is 0 Å². The Hall–Kier alpha value is -3.54. The van der Waals surface area contributed by atoms with E-state index < -0.39 is 11.7 Å². The second-order valence-corrected chi connectivity index (χ2v) is 7.16. The van der Waals surface area contributed by atoms with Crippen molar-refractivity contribution in [2.45, 2.75) is 12.6 Å². The molecule has 0 spiro atoms. The fourth-order valence-corrected chi connectivity index (χ4v) is 3.62. The van der Waals surface area contributed by atoms with Gasteiger partial charge in [-0.1, -0.05) is 48.5 Å². The predicted molar refractivity (Wildman–Crippen MR) is 111 cm³/mol. The van der Waals surface area contributed by atoms with Crippen LogP contribution in [0.4, 0.5) is 13.2 Å². The quantitative estimate of drug-likeness (QED) is 0.484. The molecule has 0 fully saturated rings. The van der Waals surface area contributed by atoms with Gasteiger partial charge in [0.1, 0.15) is 5.75 Å². The highest BCUT2D eigenvalue weighted by Crippen LogP contribution is 2.32. The third-order valence-corrected chi connectivity index (χ3v) is 5.22. The number of halogens is 3. The molecule has 152 valence electrons. The Kier molecular flexibility index (Phi) is 4.86. The summed E-state index contributed by atoms with van der Waals surface area (Å²) in [6.07, 6.45) is -4.17. The fourth-order valence-electron chi connectivity index (χ4n) is 3.62. The molecular formula is C24H18F3NO2. The SMILES string of the molecule is Cn1c(=O)c(Cc2cccc(-c3ccc(C(F)(F)F)cc3)c2)c(O)c2ccccc21. The summed E-state index contributed by atoms with van der Waals surface area (Å²) in [6.45, 7) is 0. The van der Waals surface area contributed by atoms with Gasteiger partial charge in [-0.05, 0) is 41.0 Å². The summed E-state index contributed by atoms with van der Waals surface area (Å²) in [4.78, 5) is 12.8. The van der Waals surface area contributed by atoms with E-state index in [9.17, 15) is 23.1 Å². The first kappa shape index (κ1) is 19.8. The molecule has 4 rings (SSSR count). The van der Waals surface area contributed by atoms with E-state index in [4.69, 9.17) is 0 Å². The molecule has 1 N–H and O–H groups in total. The molecule has 0 amide bonds. The first-order chi connectivity index (χ1) is 14.3. The monoisotopic (exact) mass is 409 g/mol. The average Bonchev–Trinajstić information content (AvgIpc) is 2.75. The fraction of sp³-hybridized carbons (Fsp3) is 0.125. The first-order valence-corrected chi connectivity index (χ1v) is 9.32. The molecule has 3 nitrogen and oxygen atoms in total. The summed E-state index contributed by atoms with van der Waals surface area (Å²) in [7, 11) is 1.66. The molecule has 30 heavy (non-hydrogen) atoms. The van der Waals surface area contributed by atoms with Gasteiger partial charge >= 0.3 is 6.18 Å². The predicted octanol–water partition coefficient (Wildman–Crippen LogP) is 5.52. The summed E-state index contributed by atoms with van der Waals surface area (Å²) in [5.74, 6) is -0.0476. The third-order valence-electron chi connectivity index (χ3n) is 5.22. The number of aromatic nitrogens is 1. The van der Waals surface area contributed by atoms with E-state index in [-0.39, 0.29) is 23.3 Å². The molecule has 0 saturated carbocycles. The van der Waals surface area contributed by atoms with Crippen LogP contribution in [0.2, 0.25) is 0 Å². The molecule has 1 heterocycles. The van der Waals surface area contributed by atoms with Crippen LogP contribution in [-0.4, -0.2) is 9.67 Å². The number of nitrogens with zero attached hydrogens (tertiary/aromatic N) is 1. The summed E-state index contributed by atoms with van der Waals surface area (Å²) < 4.78 is 39.9. The number of alkyl halides is 3. The molecule has 0 radical (unpaired) electrons. The zero-order valence-corrected chi connectivity index (χ0v) is 16.1. The number of pyridine rings is 1. The molecule has 0 aliphatic carbocycles. The lowest BCUT2D eigenvalue weighted by atomic mass is 9.98. The summed E-state index contributed by atoms with van der Waals surface area (Å²) in [6, 6.07) is 19.3. The lowest BCUT2D eigenvalue weighted by Gasteiger charge is -2.12. The van der Waals surface area contributed by atoms with Crippen molar-refractivity contribution in [3.05, 3.63) is 99.8 Å². The topological polar surface area (TPSA) is 42.2 Å². The molecule has 4 aromatic rings. The van der Waals surface area contributed by atoms with E-state index in [1.54, 1.807) is 43.4 Å². The van der Waals surface area contributed by atoms with E-state index in [1.807, 2.05) is 12.1 Å². The molecule has 6 heteroatoms. The van der Waals surface area contributed by atoms with Crippen molar-refractivity contribution in [1.82, 2.24) is 4.57 Å². The van der Waals surface area contributed by atoms with Gasteiger partial charge in [0.05, 0.1) is 16.6 Å². The highest BCUT2D eigenvalue weighted by Gasteiger charge is 2.30. The van der Waals surface area contributed by atoms with Gasteiger partial charge in [0.15, 0.2) is 0 Å². The van der Waals surface area contributed by atoms with Gasteiger partial charge in [0.2, 0.25) is 0 Å². The lowest BCUT2D eigenvalue weighted by Crippen LogP contribution is -2.21. The van der Waals surface area contributed by atoms with E-state index in [2.05, 4.69) is 0 Å². The Morgan fingerprint density at radius 2 is 1.60 bits per heavy atom. The van der Waals surface area contributed by atoms with Crippen molar-refractivity contribution in [2.24, 2.45) is 7.05 Å². The molecule has 1 aromatic heterocycles. The van der Waals surface area contributed by atoms with Gasteiger partial charge in [0, 0.05) is 18.9 Å².